The molecule has 1 aromatic heterocycles. The highest BCUT2D eigenvalue weighted by molar-refractivity contribution is 6.30. The van der Waals surface area contributed by atoms with E-state index < -0.39 is 0 Å². The number of ether oxygens (including phenoxy) is 1. The topological polar surface area (TPSA) is 48.8 Å². The first-order valence-electron chi connectivity index (χ1n) is 10.2. The predicted octanol–water partition coefficient (Wildman–Crippen LogP) is 3.66. The highest BCUT2D eigenvalue weighted by atomic mass is 35.5. The second kappa shape index (κ2) is 9.63. The maximum Gasteiger partial charge on any atom is 0.129 e. The Hall–Kier alpha value is -1.37. The Labute approximate surface area is 182 Å². The van der Waals surface area contributed by atoms with E-state index in [4.69, 9.17) is 27.9 Å². The molecule has 29 heavy (non-hydrogen) atoms. The summed E-state index contributed by atoms with van der Waals surface area (Å²) in [4.78, 5) is 9.33. The van der Waals surface area contributed by atoms with Gasteiger partial charge in [0.15, 0.2) is 0 Å². The zero-order valence-corrected chi connectivity index (χ0v) is 17.9. The number of hydrogen-bond donors (Lipinski definition) is 1. The molecule has 1 unspecified atom stereocenters. The molecule has 0 spiro atoms. The van der Waals surface area contributed by atoms with Crippen molar-refractivity contribution in [2.75, 3.05) is 37.7 Å². The van der Waals surface area contributed by atoms with Gasteiger partial charge >= 0.3 is 0 Å². The normalized spacial score (nSPS) is 24.0. The fourth-order valence-corrected chi connectivity index (χ4v) is 4.68. The molecule has 2 aromatic rings. The fraction of sp³-hybridized carbons (Fsp3) is 0.500. The Morgan fingerprint density at radius 1 is 1.07 bits per heavy atom. The number of aliphatic hydroxyl groups is 1. The lowest BCUT2D eigenvalue weighted by Gasteiger charge is -2.46. The van der Waals surface area contributed by atoms with Gasteiger partial charge in [-0.25, -0.2) is 4.98 Å². The molecule has 0 radical (unpaired) electrons. The number of halogens is 2. The molecule has 1 aromatic carbocycles. The molecule has 2 saturated heterocycles. The molecular formula is C22H27Cl2N3O2. The molecule has 0 amide bonds. The minimum absolute atomic E-state index is 0.0649. The van der Waals surface area contributed by atoms with Crippen LogP contribution in [0.1, 0.15) is 18.4 Å². The maximum atomic E-state index is 9.64. The number of aliphatic hydroxyl groups excluding tert-OH is 1. The predicted molar refractivity (Wildman–Crippen MR) is 117 cm³/mol. The van der Waals surface area contributed by atoms with Gasteiger partial charge in [0.2, 0.25) is 0 Å². The zero-order valence-electron chi connectivity index (χ0n) is 16.4. The van der Waals surface area contributed by atoms with Crippen molar-refractivity contribution in [2.24, 2.45) is 0 Å². The van der Waals surface area contributed by atoms with E-state index in [1.165, 1.54) is 5.56 Å². The van der Waals surface area contributed by atoms with Crippen LogP contribution in [0.4, 0.5) is 5.82 Å². The minimum Gasteiger partial charge on any atom is -0.394 e. The molecule has 0 aliphatic carbocycles. The van der Waals surface area contributed by atoms with Gasteiger partial charge < -0.3 is 14.7 Å². The minimum atomic E-state index is -0.107. The second-order valence-electron chi connectivity index (χ2n) is 7.87. The monoisotopic (exact) mass is 435 g/mol. The lowest BCUT2D eigenvalue weighted by molar-refractivity contribution is -0.0979. The lowest BCUT2D eigenvalue weighted by Crippen LogP contribution is -2.57. The third kappa shape index (κ3) is 5.22. The molecule has 0 saturated carbocycles. The molecule has 3 heterocycles. The Morgan fingerprint density at radius 2 is 1.83 bits per heavy atom. The summed E-state index contributed by atoms with van der Waals surface area (Å²) in [5, 5.41) is 11.1. The van der Waals surface area contributed by atoms with Crippen molar-refractivity contribution in [2.45, 2.75) is 37.5 Å². The number of rotatable bonds is 5. The fourth-order valence-electron chi connectivity index (χ4n) is 4.40. The first-order valence-corrected chi connectivity index (χ1v) is 11.0. The summed E-state index contributed by atoms with van der Waals surface area (Å²) in [6.45, 7) is 3.38. The highest BCUT2D eigenvalue weighted by Gasteiger charge is 2.35. The van der Waals surface area contributed by atoms with E-state index in [0.717, 1.165) is 54.8 Å². The Morgan fingerprint density at radius 3 is 2.52 bits per heavy atom. The third-order valence-corrected chi connectivity index (χ3v) is 6.45. The number of morpholine rings is 1. The number of piperidine rings is 1. The number of anilines is 1. The van der Waals surface area contributed by atoms with Crippen LogP contribution in [0, 0.1) is 0 Å². The zero-order chi connectivity index (χ0) is 20.2. The number of hydrogen-bond acceptors (Lipinski definition) is 5. The van der Waals surface area contributed by atoms with E-state index in [2.05, 4.69) is 26.9 Å². The highest BCUT2D eigenvalue weighted by Crippen LogP contribution is 2.27. The van der Waals surface area contributed by atoms with Gasteiger partial charge in [-0.05, 0) is 49.1 Å². The van der Waals surface area contributed by atoms with E-state index >= 15 is 0 Å². The lowest BCUT2D eigenvalue weighted by atomic mass is 9.96. The van der Waals surface area contributed by atoms with Crippen molar-refractivity contribution in [3.8, 4) is 0 Å². The van der Waals surface area contributed by atoms with Crippen molar-refractivity contribution >= 4 is 29.0 Å². The van der Waals surface area contributed by atoms with Crippen molar-refractivity contribution in [1.82, 2.24) is 9.88 Å². The van der Waals surface area contributed by atoms with Crippen LogP contribution in [0.15, 0.2) is 42.6 Å². The summed E-state index contributed by atoms with van der Waals surface area (Å²) >= 11 is 12.2. The van der Waals surface area contributed by atoms with Crippen LogP contribution in [0.2, 0.25) is 10.0 Å². The van der Waals surface area contributed by atoms with Crippen LogP contribution < -0.4 is 4.90 Å². The van der Waals surface area contributed by atoms with E-state index in [9.17, 15) is 5.11 Å². The van der Waals surface area contributed by atoms with Gasteiger partial charge in [0, 0.05) is 48.0 Å². The Bertz CT molecular complexity index is 797. The van der Waals surface area contributed by atoms with Gasteiger partial charge in [0.1, 0.15) is 5.82 Å². The van der Waals surface area contributed by atoms with Gasteiger partial charge in [-0.15, -0.1) is 0 Å². The maximum absolute atomic E-state index is 9.64. The van der Waals surface area contributed by atoms with Crippen LogP contribution in [0.25, 0.3) is 0 Å². The molecule has 156 valence electrons. The molecule has 7 heteroatoms. The molecule has 2 atom stereocenters. The molecular weight excluding hydrogens is 409 g/mol. The number of nitrogens with zero attached hydrogens (tertiary/aromatic N) is 3. The van der Waals surface area contributed by atoms with E-state index in [1.54, 1.807) is 6.20 Å². The molecule has 4 rings (SSSR count). The van der Waals surface area contributed by atoms with Gasteiger partial charge in [0.25, 0.3) is 0 Å². The largest absolute Gasteiger partial charge is 0.394 e. The van der Waals surface area contributed by atoms with Crippen LogP contribution in [-0.2, 0) is 11.2 Å². The van der Waals surface area contributed by atoms with Crippen molar-refractivity contribution in [3.63, 3.8) is 0 Å². The second-order valence-corrected chi connectivity index (χ2v) is 8.74. The van der Waals surface area contributed by atoms with Crippen molar-refractivity contribution < 1.29 is 9.84 Å². The number of pyridine rings is 1. The van der Waals surface area contributed by atoms with Crippen LogP contribution in [0.3, 0.4) is 0 Å². The summed E-state index contributed by atoms with van der Waals surface area (Å²) in [6, 6.07) is 12.6. The van der Waals surface area contributed by atoms with Gasteiger partial charge in [-0.3, -0.25) is 4.90 Å². The number of aromatic nitrogens is 1. The van der Waals surface area contributed by atoms with E-state index in [1.807, 2.05) is 24.3 Å². The summed E-state index contributed by atoms with van der Waals surface area (Å²) < 4.78 is 5.91. The molecule has 5 nitrogen and oxygen atoms in total. The standard InChI is InChI=1S/C22H27Cl2N3O2/c23-17-3-1-16(2-4-17)11-20-15-29-21(14-28)13-27(20)19-6-9-26(10-7-19)22-12-18(24)5-8-25-22/h1-5,8,12,19-21,28H,6-7,9-11,13-15H2/t20?,21-/m1/s1. The smallest absolute Gasteiger partial charge is 0.129 e. The summed E-state index contributed by atoms with van der Waals surface area (Å²) in [5.41, 5.74) is 1.26. The van der Waals surface area contributed by atoms with E-state index in [0.29, 0.717) is 18.7 Å². The first kappa shape index (κ1) is 20.9. The van der Waals surface area contributed by atoms with E-state index in [-0.39, 0.29) is 12.7 Å². The van der Waals surface area contributed by atoms with Crippen LogP contribution in [-0.4, -0.2) is 66.0 Å². The van der Waals surface area contributed by atoms with Crippen molar-refractivity contribution in [1.29, 1.82) is 0 Å². The van der Waals surface area contributed by atoms with Crippen molar-refractivity contribution in [3.05, 3.63) is 58.2 Å². The summed E-state index contributed by atoms with van der Waals surface area (Å²) in [5.74, 6) is 0.948. The van der Waals surface area contributed by atoms with Gasteiger partial charge in [-0.2, -0.15) is 0 Å². The summed E-state index contributed by atoms with van der Waals surface area (Å²) in [7, 11) is 0. The Balaban J connectivity index is 1.42. The molecule has 2 aliphatic rings. The molecule has 1 N–H and O–H groups in total. The molecule has 2 fully saturated rings. The quantitative estimate of drug-likeness (QED) is 0.776. The SMILES string of the molecule is OC[C@H]1CN(C2CCN(c3cc(Cl)ccn3)CC2)C(Cc2ccc(Cl)cc2)CO1. The Kier molecular flexibility index (Phi) is 6.93. The average Bonchev–Trinajstić information content (AvgIpc) is 2.76. The van der Waals surface area contributed by atoms with Crippen LogP contribution >= 0.6 is 23.2 Å². The van der Waals surface area contributed by atoms with Gasteiger partial charge in [0.05, 0.1) is 19.3 Å². The number of benzene rings is 1. The first-order chi connectivity index (χ1) is 14.1. The van der Waals surface area contributed by atoms with Crippen LogP contribution in [0.5, 0.6) is 0 Å². The molecule has 0 bridgehead atoms. The summed E-state index contributed by atoms with van der Waals surface area (Å²) in [6.07, 6.45) is 4.70. The third-order valence-electron chi connectivity index (χ3n) is 5.96. The van der Waals surface area contributed by atoms with Gasteiger partial charge in [-0.1, -0.05) is 35.3 Å². The average molecular weight is 436 g/mol. The molecule has 2 aliphatic heterocycles.